The first-order valence-corrected chi connectivity index (χ1v) is 5.71. The lowest BCUT2D eigenvalue weighted by Crippen LogP contribution is -2.51. The summed E-state index contributed by atoms with van der Waals surface area (Å²) in [6.07, 6.45) is 0. The van der Waals surface area contributed by atoms with Crippen LogP contribution in [0, 0.1) is 13.8 Å². The number of ether oxygens (including phenoxy) is 1. The van der Waals surface area contributed by atoms with Gasteiger partial charge in [0.25, 0.3) is 5.91 Å². The topological polar surface area (TPSA) is 49.8 Å². The fourth-order valence-corrected chi connectivity index (χ4v) is 2.21. The van der Waals surface area contributed by atoms with Crippen molar-refractivity contribution in [2.24, 2.45) is 0 Å². The number of anilines is 1. The third-order valence-electron chi connectivity index (χ3n) is 2.86. The number of hydrogen-bond donors (Lipinski definition) is 1. The molecule has 1 amide bonds. The van der Waals surface area contributed by atoms with E-state index >= 15 is 0 Å². The van der Waals surface area contributed by atoms with Crippen molar-refractivity contribution >= 4 is 11.6 Å². The molecule has 0 spiro atoms. The van der Waals surface area contributed by atoms with Crippen molar-refractivity contribution in [2.45, 2.75) is 19.9 Å². The summed E-state index contributed by atoms with van der Waals surface area (Å²) in [5.74, 6) is -0.0969. The molecule has 0 bridgehead atoms. The average Bonchev–Trinajstić information content (AvgIpc) is 2.27. The van der Waals surface area contributed by atoms with E-state index in [9.17, 15) is 9.90 Å². The van der Waals surface area contributed by atoms with Crippen LogP contribution in [0.15, 0.2) is 18.2 Å². The molecule has 1 aromatic carbocycles. The lowest BCUT2D eigenvalue weighted by molar-refractivity contribution is -0.128. The highest BCUT2D eigenvalue weighted by Crippen LogP contribution is 2.23. The number of nitrogens with zero attached hydrogens (tertiary/aromatic N) is 1. The van der Waals surface area contributed by atoms with Crippen LogP contribution >= 0.6 is 0 Å². The standard InChI is InChI=1S/C13H17NO3/c1-9-3-10(2)5-11(4-9)14-12(6-15)7-17-8-13(14)16/h3-5,12,15H,6-8H2,1-2H3. The summed E-state index contributed by atoms with van der Waals surface area (Å²) in [6, 6.07) is 5.69. The molecule has 4 heteroatoms. The highest BCUT2D eigenvalue weighted by molar-refractivity contribution is 5.95. The molecular weight excluding hydrogens is 218 g/mol. The maximum Gasteiger partial charge on any atom is 0.253 e. The van der Waals surface area contributed by atoms with E-state index in [2.05, 4.69) is 6.07 Å². The Kier molecular flexibility index (Phi) is 3.45. The van der Waals surface area contributed by atoms with Gasteiger partial charge in [0, 0.05) is 5.69 Å². The summed E-state index contributed by atoms with van der Waals surface area (Å²) in [6.45, 7) is 4.38. The molecule has 0 saturated carbocycles. The van der Waals surface area contributed by atoms with E-state index in [1.807, 2.05) is 26.0 Å². The number of carbonyl (C=O) groups excluding carboxylic acids is 1. The third kappa shape index (κ3) is 2.48. The van der Waals surface area contributed by atoms with Crippen LogP contribution < -0.4 is 4.90 Å². The molecule has 1 fully saturated rings. The van der Waals surface area contributed by atoms with E-state index in [-0.39, 0.29) is 25.2 Å². The van der Waals surface area contributed by atoms with Crippen molar-refractivity contribution in [1.29, 1.82) is 0 Å². The van der Waals surface area contributed by atoms with E-state index in [0.717, 1.165) is 16.8 Å². The molecule has 1 N–H and O–H groups in total. The molecule has 0 radical (unpaired) electrons. The van der Waals surface area contributed by atoms with Gasteiger partial charge >= 0.3 is 0 Å². The zero-order chi connectivity index (χ0) is 12.4. The second kappa shape index (κ2) is 4.85. The molecule has 1 saturated heterocycles. The van der Waals surface area contributed by atoms with E-state index in [1.165, 1.54) is 0 Å². The Bertz CT molecular complexity index is 410. The first kappa shape index (κ1) is 12.1. The second-order valence-electron chi connectivity index (χ2n) is 4.46. The summed E-state index contributed by atoms with van der Waals surface area (Å²) >= 11 is 0. The van der Waals surface area contributed by atoms with Gasteiger partial charge in [0.05, 0.1) is 19.3 Å². The first-order chi connectivity index (χ1) is 8.11. The van der Waals surface area contributed by atoms with Gasteiger partial charge in [-0.2, -0.15) is 0 Å². The van der Waals surface area contributed by atoms with E-state index < -0.39 is 0 Å². The van der Waals surface area contributed by atoms with Crippen molar-refractivity contribution in [3.63, 3.8) is 0 Å². The third-order valence-corrected chi connectivity index (χ3v) is 2.86. The van der Waals surface area contributed by atoms with Gasteiger partial charge in [0.2, 0.25) is 0 Å². The maximum atomic E-state index is 11.9. The summed E-state index contributed by atoms with van der Waals surface area (Å²) in [7, 11) is 0. The highest BCUT2D eigenvalue weighted by Gasteiger charge is 2.29. The first-order valence-electron chi connectivity index (χ1n) is 5.71. The van der Waals surface area contributed by atoms with Gasteiger partial charge in [-0.1, -0.05) is 6.07 Å². The number of aliphatic hydroxyl groups excluding tert-OH is 1. The molecule has 4 nitrogen and oxygen atoms in total. The Hall–Kier alpha value is -1.39. The normalized spacial score (nSPS) is 20.8. The maximum absolute atomic E-state index is 11.9. The molecule has 1 aliphatic heterocycles. The van der Waals surface area contributed by atoms with Crippen LogP contribution in [0.4, 0.5) is 5.69 Å². The van der Waals surface area contributed by atoms with Gasteiger partial charge < -0.3 is 14.7 Å². The average molecular weight is 235 g/mol. The molecule has 2 rings (SSSR count). The summed E-state index contributed by atoms with van der Waals surface area (Å²) in [4.78, 5) is 13.5. The van der Waals surface area contributed by atoms with Gasteiger partial charge in [0.15, 0.2) is 0 Å². The molecule has 1 unspecified atom stereocenters. The Morgan fingerprint density at radius 2 is 2.00 bits per heavy atom. The molecule has 17 heavy (non-hydrogen) atoms. The van der Waals surface area contributed by atoms with Crippen molar-refractivity contribution in [2.75, 3.05) is 24.7 Å². The molecule has 1 heterocycles. The van der Waals surface area contributed by atoms with Crippen LogP contribution in [-0.2, 0) is 9.53 Å². The fourth-order valence-electron chi connectivity index (χ4n) is 2.21. The monoisotopic (exact) mass is 235 g/mol. The number of morpholine rings is 1. The number of carbonyl (C=O) groups is 1. The molecular formula is C13H17NO3. The van der Waals surface area contributed by atoms with Gasteiger partial charge in [-0.3, -0.25) is 4.79 Å². The molecule has 0 aromatic heterocycles. The van der Waals surface area contributed by atoms with Crippen molar-refractivity contribution < 1.29 is 14.6 Å². The van der Waals surface area contributed by atoms with Crippen LogP contribution in [-0.4, -0.2) is 36.9 Å². The predicted octanol–water partition coefficient (Wildman–Crippen LogP) is 1.03. The highest BCUT2D eigenvalue weighted by atomic mass is 16.5. The fraction of sp³-hybridized carbons (Fsp3) is 0.462. The number of aryl methyl sites for hydroxylation is 2. The quantitative estimate of drug-likeness (QED) is 0.833. The van der Waals surface area contributed by atoms with Crippen molar-refractivity contribution in [3.05, 3.63) is 29.3 Å². The van der Waals surface area contributed by atoms with Crippen LogP contribution in [0.25, 0.3) is 0 Å². The van der Waals surface area contributed by atoms with E-state index in [1.54, 1.807) is 4.90 Å². The van der Waals surface area contributed by atoms with Gasteiger partial charge in [0.1, 0.15) is 6.61 Å². The SMILES string of the molecule is Cc1cc(C)cc(N2C(=O)COCC2CO)c1. The summed E-state index contributed by atoms with van der Waals surface area (Å²) in [5.41, 5.74) is 3.06. The number of hydrogen-bond acceptors (Lipinski definition) is 3. The number of benzene rings is 1. The molecule has 1 aliphatic rings. The van der Waals surface area contributed by atoms with E-state index in [0.29, 0.717) is 6.61 Å². The molecule has 0 aliphatic carbocycles. The lowest BCUT2D eigenvalue weighted by Gasteiger charge is -2.34. The Morgan fingerprint density at radius 1 is 1.35 bits per heavy atom. The molecule has 1 aromatic rings. The van der Waals surface area contributed by atoms with Crippen LogP contribution in [0.2, 0.25) is 0 Å². The van der Waals surface area contributed by atoms with Crippen LogP contribution in [0.1, 0.15) is 11.1 Å². The number of aliphatic hydroxyl groups is 1. The van der Waals surface area contributed by atoms with Gasteiger partial charge in [-0.15, -0.1) is 0 Å². The minimum Gasteiger partial charge on any atom is -0.394 e. The Morgan fingerprint density at radius 3 is 2.59 bits per heavy atom. The Balaban J connectivity index is 2.37. The minimum absolute atomic E-state index is 0.0846. The Labute approximate surface area is 101 Å². The number of amides is 1. The van der Waals surface area contributed by atoms with Crippen LogP contribution in [0.5, 0.6) is 0 Å². The lowest BCUT2D eigenvalue weighted by atomic mass is 10.1. The van der Waals surface area contributed by atoms with Crippen molar-refractivity contribution in [1.82, 2.24) is 0 Å². The smallest absolute Gasteiger partial charge is 0.253 e. The molecule has 92 valence electrons. The minimum atomic E-state index is -0.280. The zero-order valence-electron chi connectivity index (χ0n) is 10.1. The second-order valence-corrected chi connectivity index (χ2v) is 4.46. The summed E-state index contributed by atoms with van der Waals surface area (Å²) < 4.78 is 5.15. The predicted molar refractivity (Wildman–Crippen MR) is 65.1 cm³/mol. The largest absolute Gasteiger partial charge is 0.394 e. The molecule has 1 atom stereocenters. The van der Waals surface area contributed by atoms with Crippen molar-refractivity contribution in [3.8, 4) is 0 Å². The van der Waals surface area contributed by atoms with Gasteiger partial charge in [-0.05, 0) is 37.1 Å². The van der Waals surface area contributed by atoms with E-state index in [4.69, 9.17) is 4.74 Å². The van der Waals surface area contributed by atoms with Gasteiger partial charge in [-0.25, -0.2) is 0 Å². The van der Waals surface area contributed by atoms with Crippen LogP contribution in [0.3, 0.4) is 0 Å². The number of rotatable bonds is 2. The summed E-state index contributed by atoms with van der Waals surface area (Å²) in [5, 5.41) is 9.31. The zero-order valence-corrected chi connectivity index (χ0v) is 10.1.